The molecule has 1 rings (SSSR count). The van der Waals surface area contributed by atoms with Gasteiger partial charge in [0, 0.05) is 13.6 Å². The highest BCUT2D eigenvalue weighted by Gasteiger charge is 2.04. The molecule has 0 radical (unpaired) electrons. The van der Waals surface area contributed by atoms with Gasteiger partial charge in [0.2, 0.25) is 11.9 Å². The number of rotatable bonds is 4. The van der Waals surface area contributed by atoms with Crippen molar-refractivity contribution >= 4 is 11.9 Å². The molecule has 6 heteroatoms. The topological polar surface area (TPSA) is 96.8 Å². The van der Waals surface area contributed by atoms with E-state index in [2.05, 4.69) is 15.2 Å². The van der Waals surface area contributed by atoms with E-state index < -0.39 is 0 Å². The van der Waals surface area contributed by atoms with Gasteiger partial charge in [-0.05, 0) is 13.0 Å². The number of nitrogens with zero attached hydrogens (tertiary/aromatic N) is 3. The van der Waals surface area contributed by atoms with Crippen molar-refractivity contribution < 1.29 is 0 Å². The van der Waals surface area contributed by atoms with Crippen molar-refractivity contribution in [3.05, 3.63) is 0 Å². The summed E-state index contributed by atoms with van der Waals surface area (Å²) in [5.41, 5.74) is 10.7. The Kier molecular flexibility index (Phi) is 2.87. The highest BCUT2D eigenvalue weighted by molar-refractivity contribution is 5.32. The summed E-state index contributed by atoms with van der Waals surface area (Å²) in [5.74, 6) is 0.950. The number of hydrogen-bond donors (Lipinski definition) is 3. The maximum atomic E-state index is 5.36. The van der Waals surface area contributed by atoms with Crippen molar-refractivity contribution in [1.29, 1.82) is 0 Å². The van der Waals surface area contributed by atoms with Crippen molar-refractivity contribution in [2.24, 2.45) is 5.73 Å². The highest BCUT2D eigenvalue weighted by atomic mass is 15.4. The van der Waals surface area contributed by atoms with Crippen LogP contribution in [-0.4, -0.2) is 35.3 Å². The molecule has 1 aromatic heterocycles. The van der Waals surface area contributed by atoms with Gasteiger partial charge in [0.05, 0.1) is 0 Å². The smallest absolute Gasteiger partial charge is 0.246 e. The van der Waals surface area contributed by atoms with Crippen LogP contribution in [0.4, 0.5) is 11.9 Å². The monoisotopic (exact) mass is 170 g/mol. The van der Waals surface area contributed by atoms with Crippen LogP contribution in [-0.2, 0) is 0 Å². The number of nitrogen functional groups attached to an aromatic ring is 1. The van der Waals surface area contributed by atoms with Crippen molar-refractivity contribution in [2.75, 3.05) is 30.8 Å². The third-order valence-corrected chi connectivity index (χ3v) is 1.53. The molecule has 0 aliphatic rings. The first kappa shape index (κ1) is 8.79. The molecule has 1 heterocycles. The van der Waals surface area contributed by atoms with E-state index in [4.69, 9.17) is 11.5 Å². The van der Waals surface area contributed by atoms with Crippen LogP contribution in [0, 0.1) is 0 Å². The minimum Gasteiger partial charge on any atom is -0.368 e. The minimum absolute atomic E-state index is 0.338. The molecule has 0 unspecified atom stereocenters. The molecule has 0 aliphatic carbocycles. The van der Waals surface area contributed by atoms with Gasteiger partial charge in [0.1, 0.15) is 0 Å². The van der Waals surface area contributed by atoms with Crippen LogP contribution in [0.3, 0.4) is 0 Å². The molecule has 5 N–H and O–H groups in total. The summed E-state index contributed by atoms with van der Waals surface area (Å²) in [6.07, 6.45) is 0.922. The van der Waals surface area contributed by atoms with Gasteiger partial charge >= 0.3 is 0 Å². The number of aromatic nitrogens is 3. The Hall–Kier alpha value is -1.30. The Morgan fingerprint density at radius 2 is 2.33 bits per heavy atom. The predicted octanol–water partition coefficient (Wildman–Crippen LogP) is -0.828. The molecule has 68 valence electrons. The lowest BCUT2D eigenvalue weighted by molar-refractivity contribution is 0.777. The lowest BCUT2D eigenvalue weighted by atomic mass is 10.4. The lowest BCUT2D eigenvalue weighted by Gasteiger charge is -2.12. The van der Waals surface area contributed by atoms with E-state index >= 15 is 0 Å². The van der Waals surface area contributed by atoms with Crippen LogP contribution in [0.1, 0.15) is 6.42 Å². The molecule has 0 aromatic carbocycles. The lowest BCUT2D eigenvalue weighted by Crippen LogP contribution is -2.22. The van der Waals surface area contributed by atoms with Crippen molar-refractivity contribution in [1.82, 2.24) is 15.2 Å². The summed E-state index contributed by atoms with van der Waals surface area (Å²) >= 11 is 0. The van der Waals surface area contributed by atoms with E-state index in [1.807, 2.05) is 11.9 Å². The molecule has 0 aliphatic heterocycles. The average molecular weight is 170 g/mol. The number of nitrogens with two attached hydrogens (primary N) is 2. The molecular weight excluding hydrogens is 156 g/mol. The zero-order valence-electron chi connectivity index (χ0n) is 7.12. The van der Waals surface area contributed by atoms with Gasteiger partial charge in [-0.1, -0.05) is 0 Å². The Bertz CT molecular complexity index is 232. The van der Waals surface area contributed by atoms with Gasteiger partial charge < -0.3 is 16.4 Å². The first-order valence-corrected chi connectivity index (χ1v) is 3.83. The average Bonchev–Trinajstić information content (AvgIpc) is 2.47. The summed E-state index contributed by atoms with van der Waals surface area (Å²) < 4.78 is 0. The zero-order chi connectivity index (χ0) is 8.97. The first-order chi connectivity index (χ1) is 5.74. The molecular formula is C6H14N6. The zero-order valence-corrected chi connectivity index (χ0v) is 7.12. The van der Waals surface area contributed by atoms with E-state index in [9.17, 15) is 0 Å². The van der Waals surface area contributed by atoms with Crippen LogP contribution in [0.25, 0.3) is 0 Å². The summed E-state index contributed by atoms with van der Waals surface area (Å²) in [4.78, 5) is 5.86. The summed E-state index contributed by atoms with van der Waals surface area (Å²) in [6, 6.07) is 0. The number of anilines is 2. The largest absolute Gasteiger partial charge is 0.368 e. The first-order valence-electron chi connectivity index (χ1n) is 3.83. The van der Waals surface area contributed by atoms with Crippen LogP contribution < -0.4 is 16.4 Å². The molecule has 0 bridgehead atoms. The van der Waals surface area contributed by atoms with Crippen molar-refractivity contribution in [2.45, 2.75) is 6.42 Å². The summed E-state index contributed by atoms with van der Waals surface area (Å²) in [7, 11) is 1.90. The van der Waals surface area contributed by atoms with Crippen molar-refractivity contribution in [3.63, 3.8) is 0 Å². The minimum atomic E-state index is 0.338. The number of nitrogens with one attached hydrogen (secondary N) is 1. The fourth-order valence-corrected chi connectivity index (χ4v) is 0.864. The van der Waals surface area contributed by atoms with E-state index in [0.29, 0.717) is 18.4 Å². The van der Waals surface area contributed by atoms with E-state index in [0.717, 1.165) is 13.0 Å². The molecule has 0 fully saturated rings. The standard InChI is InChI=1S/C6H14N6/c1-12(4-2-3-7)6-9-5(8)10-11-6/h2-4,7H2,1H3,(H3,8,9,10,11). The van der Waals surface area contributed by atoms with E-state index in [1.54, 1.807) is 0 Å². The van der Waals surface area contributed by atoms with E-state index in [-0.39, 0.29) is 0 Å². The molecule has 0 saturated heterocycles. The summed E-state index contributed by atoms with van der Waals surface area (Å²) in [5, 5.41) is 6.46. The third kappa shape index (κ3) is 2.09. The maximum absolute atomic E-state index is 5.36. The van der Waals surface area contributed by atoms with Crippen LogP contribution in [0.5, 0.6) is 0 Å². The second kappa shape index (κ2) is 3.91. The molecule has 12 heavy (non-hydrogen) atoms. The predicted molar refractivity (Wildman–Crippen MR) is 47.7 cm³/mol. The quantitative estimate of drug-likeness (QED) is 0.548. The second-order valence-corrected chi connectivity index (χ2v) is 2.58. The van der Waals surface area contributed by atoms with Crippen LogP contribution >= 0.6 is 0 Å². The summed E-state index contributed by atoms with van der Waals surface area (Å²) in [6.45, 7) is 1.51. The number of H-pyrrole nitrogens is 1. The molecule has 6 nitrogen and oxygen atoms in total. The fraction of sp³-hybridized carbons (Fsp3) is 0.667. The molecule has 0 saturated carbocycles. The van der Waals surface area contributed by atoms with Crippen LogP contribution in [0.2, 0.25) is 0 Å². The van der Waals surface area contributed by atoms with Gasteiger partial charge in [-0.2, -0.15) is 4.98 Å². The Labute approximate surface area is 70.9 Å². The SMILES string of the molecule is CN(CCCN)c1n[nH]c(N)n1. The van der Waals surface area contributed by atoms with Gasteiger partial charge in [-0.3, -0.25) is 0 Å². The van der Waals surface area contributed by atoms with Gasteiger partial charge in [-0.25, -0.2) is 5.10 Å². The maximum Gasteiger partial charge on any atom is 0.246 e. The Morgan fingerprint density at radius 3 is 2.83 bits per heavy atom. The molecule has 0 atom stereocenters. The normalized spacial score (nSPS) is 10.2. The Morgan fingerprint density at radius 1 is 1.58 bits per heavy atom. The molecule has 0 amide bonds. The van der Waals surface area contributed by atoms with Gasteiger partial charge in [0.15, 0.2) is 0 Å². The van der Waals surface area contributed by atoms with E-state index in [1.165, 1.54) is 0 Å². The molecule has 0 spiro atoms. The van der Waals surface area contributed by atoms with Gasteiger partial charge in [0.25, 0.3) is 0 Å². The highest BCUT2D eigenvalue weighted by Crippen LogP contribution is 2.04. The fourth-order valence-electron chi connectivity index (χ4n) is 0.864. The van der Waals surface area contributed by atoms with Crippen molar-refractivity contribution in [3.8, 4) is 0 Å². The third-order valence-electron chi connectivity index (χ3n) is 1.53. The number of aromatic amines is 1. The second-order valence-electron chi connectivity index (χ2n) is 2.58. The molecule has 1 aromatic rings. The van der Waals surface area contributed by atoms with Gasteiger partial charge in [-0.15, -0.1) is 5.10 Å². The number of hydrogen-bond acceptors (Lipinski definition) is 5. The Balaban J connectivity index is 2.47. The van der Waals surface area contributed by atoms with Crippen LogP contribution in [0.15, 0.2) is 0 Å².